The van der Waals surface area contributed by atoms with E-state index in [1.165, 1.54) is 22.8 Å². The summed E-state index contributed by atoms with van der Waals surface area (Å²) < 4.78 is 5.46. The van der Waals surface area contributed by atoms with Crippen LogP contribution < -0.4 is 0 Å². The number of ether oxygens (including phenoxy) is 1. The highest BCUT2D eigenvalue weighted by Gasteiger charge is 2.61. The molecule has 0 N–H and O–H groups in total. The number of hydrogen-bond acceptors (Lipinski definition) is 2. The second-order valence-electron chi connectivity index (χ2n) is 7.26. The van der Waals surface area contributed by atoms with Gasteiger partial charge < -0.3 is 9.64 Å². The van der Waals surface area contributed by atoms with Gasteiger partial charge in [0.25, 0.3) is 0 Å². The highest BCUT2D eigenvalue weighted by atomic mass is 16.5. The lowest BCUT2D eigenvalue weighted by Gasteiger charge is -2.21. The highest BCUT2D eigenvalue weighted by Crippen LogP contribution is 2.59. The molecule has 3 heteroatoms. The van der Waals surface area contributed by atoms with Crippen molar-refractivity contribution in [3.05, 3.63) is 48.0 Å². The Balaban J connectivity index is 1.44. The Hall–Kier alpha value is -1.87. The molecule has 126 valence electrons. The molecule has 1 saturated heterocycles. The van der Waals surface area contributed by atoms with E-state index < -0.39 is 0 Å². The Kier molecular flexibility index (Phi) is 4.05. The smallest absolute Gasteiger partial charge is 0.224 e. The molecule has 2 aliphatic rings. The monoisotopic (exact) mass is 323 g/mol. The van der Waals surface area contributed by atoms with Crippen molar-refractivity contribution in [2.24, 2.45) is 5.92 Å². The summed E-state index contributed by atoms with van der Waals surface area (Å²) in [5.41, 5.74) is 1.62. The zero-order valence-electron chi connectivity index (χ0n) is 14.3. The molecule has 3 nitrogen and oxygen atoms in total. The first-order valence-corrected chi connectivity index (χ1v) is 9.08. The minimum Gasteiger partial charge on any atom is -0.381 e. The van der Waals surface area contributed by atoms with E-state index in [2.05, 4.69) is 54.3 Å². The lowest BCUT2D eigenvalue weighted by atomic mass is 9.93. The third-order valence-corrected chi connectivity index (χ3v) is 5.63. The molecule has 2 fully saturated rings. The van der Waals surface area contributed by atoms with Gasteiger partial charge in [-0.15, -0.1) is 0 Å². The molecular formula is C21H25NO2. The fourth-order valence-corrected chi connectivity index (χ4v) is 4.18. The zero-order valence-corrected chi connectivity index (χ0v) is 14.3. The Morgan fingerprint density at radius 3 is 2.88 bits per heavy atom. The molecule has 0 aromatic heterocycles. The lowest BCUT2D eigenvalue weighted by Crippen LogP contribution is -2.33. The van der Waals surface area contributed by atoms with Gasteiger partial charge in [-0.2, -0.15) is 0 Å². The quantitative estimate of drug-likeness (QED) is 0.758. The molecule has 0 radical (unpaired) electrons. The number of piperidine rings is 1. The molecule has 1 aliphatic carbocycles. The van der Waals surface area contributed by atoms with Gasteiger partial charge in [-0.05, 0) is 35.1 Å². The summed E-state index contributed by atoms with van der Waals surface area (Å²) in [5, 5.41) is 2.58. The van der Waals surface area contributed by atoms with E-state index >= 15 is 0 Å². The van der Waals surface area contributed by atoms with Crippen molar-refractivity contribution in [2.45, 2.75) is 31.6 Å². The van der Waals surface area contributed by atoms with E-state index in [4.69, 9.17) is 4.74 Å². The SMILES string of the molecule is CCCOCCC(=O)N1C[C@H]2C[C@@]2(c2ccc3ccccc3c2)C1. The molecule has 1 heterocycles. The molecule has 0 unspecified atom stereocenters. The van der Waals surface area contributed by atoms with Crippen molar-refractivity contribution < 1.29 is 9.53 Å². The Labute approximate surface area is 143 Å². The summed E-state index contributed by atoms with van der Waals surface area (Å²) in [6.45, 7) is 5.18. The van der Waals surface area contributed by atoms with E-state index in [-0.39, 0.29) is 11.3 Å². The number of fused-ring (bicyclic) bond motifs is 2. The van der Waals surface area contributed by atoms with Gasteiger partial charge in [0, 0.05) is 25.1 Å². The molecule has 1 saturated carbocycles. The van der Waals surface area contributed by atoms with Crippen LogP contribution in [0, 0.1) is 5.92 Å². The maximum absolute atomic E-state index is 12.4. The summed E-state index contributed by atoms with van der Waals surface area (Å²) >= 11 is 0. The predicted octanol–water partition coefficient (Wildman–Crippen LogP) is 3.76. The molecular weight excluding hydrogens is 298 g/mol. The topological polar surface area (TPSA) is 29.5 Å². The number of amides is 1. The Morgan fingerprint density at radius 1 is 1.21 bits per heavy atom. The first-order valence-electron chi connectivity index (χ1n) is 9.08. The maximum Gasteiger partial charge on any atom is 0.224 e. The third-order valence-electron chi connectivity index (χ3n) is 5.63. The van der Waals surface area contributed by atoms with Crippen LogP contribution >= 0.6 is 0 Å². The number of hydrogen-bond donors (Lipinski definition) is 0. The summed E-state index contributed by atoms with van der Waals surface area (Å²) in [6.07, 6.45) is 2.74. The summed E-state index contributed by atoms with van der Waals surface area (Å²) in [4.78, 5) is 14.5. The average molecular weight is 323 g/mol. The largest absolute Gasteiger partial charge is 0.381 e. The fraction of sp³-hybridized carbons (Fsp3) is 0.476. The van der Waals surface area contributed by atoms with Crippen LogP contribution in [0.15, 0.2) is 42.5 Å². The van der Waals surface area contributed by atoms with Gasteiger partial charge >= 0.3 is 0 Å². The van der Waals surface area contributed by atoms with E-state index in [1.54, 1.807) is 0 Å². The van der Waals surface area contributed by atoms with Gasteiger partial charge in [0.2, 0.25) is 5.91 Å². The van der Waals surface area contributed by atoms with Crippen LogP contribution in [0.1, 0.15) is 31.7 Å². The minimum absolute atomic E-state index is 0.212. The Bertz CT molecular complexity index is 756. The van der Waals surface area contributed by atoms with Gasteiger partial charge in [-0.3, -0.25) is 4.79 Å². The summed E-state index contributed by atoms with van der Waals surface area (Å²) in [6, 6.07) is 15.3. The van der Waals surface area contributed by atoms with E-state index in [0.29, 0.717) is 18.9 Å². The molecule has 2 atom stereocenters. The van der Waals surface area contributed by atoms with E-state index in [1.807, 2.05) is 0 Å². The van der Waals surface area contributed by atoms with Crippen LogP contribution in [0.25, 0.3) is 10.8 Å². The third kappa shape index (κ3) is 2.71. The van der Waals surface area contributed by atoms with Crippen LogP contribution in [0.4, 0.5) is 0 Å². The van der Waals surface area contributed by atoms with Gasteiger partial charge in [0.05, 0.1) is 13.0 Å². The molecule has 0 bridgehead atoms. The summed E-state index contributed by atoms with van der Waals surface area (Å²) in [7, 11) is 0. The van der Waals surface area contributed by atoms with Gasteiger partial charge in [-0.25, -0.2) is 0 Å². The number of carbonyl (C=O) groups excluding carboxylic acids is 1. The number of carbonyl (C=O) groups is 1. The average Bonchev–Trinajstić information content (AvgIpc) is 3.19. The summed E-state index contributed by atoms with van der Waals surface area (Å²) in [5.74, 6) is 0.887. The van der Waals surface area contributed by atoms with Crippen molar-refractivity contribution in [3.8, 4) is 0 Å². The van der Waals surface area contributed by atoms with Gasteiger partial charge in [0.1, 0.15) is 0 Å². The van der Waals surface area contributed by atoms with Crippen molar-refractivity contribution in [2.75, 3.05) is 26.3 Å². The molecule has 0 spiro atoms. The standard InChI is InChI=1S/C21H25NO2/c1-2-10-24-11-9-20(23)22-14-19-13-21(19,15-22)18-8-7-16-5-3-4-6-17(16)12-18/h3-8,12,19H,2,9-11,13-15H2,1H3/t19-,21+/m1/s1. The van der Waals surface area contributed by atoms with E-state index in [0.717, 1.165) is 26.1 Å². The Morgan fingerprint density at radius 2 is 2.04 bits per heavy atom. The number of benzene rings is 2. The van der Waals surface area contributed by atoms with Crippen LogP contribution in [0.5, 0.6) is 0 Å². The molecule has 1 aliphatic heterocycles. The highest BCUT2D eigenvalue weighted by molar-refractivity contribution is 5.84. The van der Waals surface area contributed by atoms with Crippen molar-refractivity contribution in [1.29, 1.82) is 0 Å². The minimum atomic E-state index is 0.212. The lowest BCUT2D eigenvalue weighted by molar-refractivity contribution is -0.131. The molecule has 1 amide bonds. The fourth-order valence-electron chi connectivity index (χ4n) is 4.18. The molecule has 4 rings (SSSR count). The van der Waals surface area contributed by atoms with Crippen molar-refractivity contribution in [3.63, 3.8) is 0 Å². The van der Waals surface area contributed by atoms with Crippen LogP contribution in [-0.4, -0.2) is 37.1 Å². The van der Waals surface area contributed by atoms with Crippen LogP contribution in [-0.2, 0) is 14.9 Å². The first kappa shape index (κ1) is 15.6. The van der Waals surface area contributed by atoms with Gasteiger partial charge in [0.15, 0.2) is 0 Å². The van der Waals surface area contributed by atoms with Crippen LogP contribution in [0.2, 0.25) is 0 Å². The first-order chi connectivity index (χ1) is 11.7. The maximum atomic E-state index is 12.4. The number of rotatable bonds is 6. The predicted molar refractivity (Wildman–Crippen MR) is 96.0 cm³/mol. The van der Waals surface area contributed by atoms with E-state index in [9.17, 15) is 4.79 Å². The molecule has 24 heavy (non-hydrogen) atoms. The van der Waals surface area contributed by atoms with Crippen LogP contribution in [0.3, 0.4) is 0 Å². The van der Waals surface area contributed by atoms with Crippen molar-refractivity contribution >= 4 is 16.7 Å². The molecule has 2 aromatic rings. The normalized spacial score (nSPS) is 25.0. The second kappa shape index (κ2) is 6.21. The molecule has 2 aromatic carbocycles. The number of nitrogens with zero attached hydrogens (tertiary/aromatic N) is 1. The van der Waals surface area contributed by atoms with Crippen molar-refractivity contribution in [1.82, 2.24) is 4.90 Å². The van der Waals surface area contributed by atoms with Gasteiger partial charge in [-0.1, -0.05) is 49.4 Å². The number of likely N-dealkylation sites (tertiary alicyclic amines) is 1. The zero-order chi connectivity index (χ0) is 16.6. The second-order valence-corrected chi connectivity index (χ2v) is 7.26.